The van der Waals surface area contributed by atoms with Gasteiger partial charge >= 0.3 is 23.9 Å². The standard InChI is InChI=1S/C16H4Cl6O8S/c17-5-1(13(23)24)3(15(27)28)7(19)11(9(5)21)31-12-8(20)4(16(29)30)2(14(25)26)6(18)10(12)22/h(H,23,24)(H,25,26)(H,27,28)(H,29,30). The van der Waals surface area contributed by atoms with Gasteiger partial charge in [-0.3, -0.25) is 0 Å². The highest BCUT2D eigenvalue weighted by Crippen LogP contribution is 2.51. The highest BCUT2D eigenvalue weighted by Gasteiger charge is 2.33. The molecule has 0 aliphatic rings. The van der Waals surface area contributed by atoms with Crippen molar-refractivity contribution in [2.24, 2.45) is 0 Å². The van der Waals surface area contributed by atoms with E-state index in [1.165, 1.54) is 0 Å². The Balaban J connectivity index is 2.93. The van der Waals surface area contributed by atoms with Gasteiger partial charge in [-0.2, -0.15) is 0 Å². The second-order valence-corrected chi connectivity index (χ2v) is 8.65. The van der Waals surface area contributed by atoms with Crippen molar-refractivity contribution in [1.29, 1.82) is 0 Å². The zero-order valence-corrected chi connectivity index (χ0v) is 19.4. The summed E-state index contributed by atoms with van der Waals surface area (Å²) in [7, 11) is 0. The largest absolute Gasteiger partial charge is 0.478 e. The van der Waals surface area contributed by atoms with Gasteiger partial charge in [0.05, 0.1) is 62.2 Å². The number of rotatable bonds is 6. The average molecular weight is 569 g/mol. The summed E-state index contributed by atoms with van der Waals surface area (Å²) in [6, 6.07) is 0. The van der Waals surface area contributed by atoms with Gasteiger partial charge in [0.2, 0.25) is 0 Å². The number of benzene rings is 2. The zero-order chi connectivity index (χ0) is 23.9. The Bertz CT molecular complexity index is 1100. The van der Waals surface area contributed by atoms with Gasteiger partial charge in [0.15, 0.2) is 0 Å². The molecule has 0 saturated carbocycles. The first-order valence-corrected chi connectivity index (χ1v) is 10.3. The molecule has 0 aliphatic heterocycles. The second-order valence-electron chi connectivity index (χ2n) is 5.36. The van der Waals surface area contributed by atoms with Gasteiger partial charge in [0, 0.05) is 0 Å². The SMILES string of the molecule is O=C(O)c1c(Cl)c(Cl)c(Sc2c(Cl)c(Cl)c(C(=O)O)c(C(=O)O)c2Cl)c(Cl)c1C(=O)O. The maximum atomic E-state index is 11.6. The Hall–Kier alpha value is -1.59. The molecule has 0 radical (unpaired) electrons. The maximum Gasteiger partial charge on any atom is 0.338 e. The van der Waals surface area contributed by atoms with Crippen LogP contribution in [0.15, 0.2) is 9.79 Å². The van der Waals surface area contributed by atoms with E-state index in [2.05, 4.69) is 0 Å². The van der Waals surface area contributed by atoms with E-state index >= 15 is 0 Å². The van der Waals surface area contributed by atoms with Crippen LogP contribution in [0.1, 0.15) is 41.4 Å². The smallest absolute Gasteiger partial charge is 0.338 e. The molecule has 0 atom stereocenters. The lowest BCUT2D eigenvalue weighted by Crippen LogP contribution is -2.12. The van der Waals surface area contributed by atoms with Crippen molar-refractivity contribution in [2.75, 3.05) is 0 Å². The van der Waals surface area contributed by atoms with Crippen LogP contribution in [0.3, 0.4) is 0 Å². The summed E-state index contributed by atoms with van der Waals surface area (Å²) in [5.74, 6) is -6.93. The van der Waals surface area contributed by atoms with E-state index < -0.39 is 76.3 Å². The predicted octanol–water partition coefficient (Wildman–Crippen LogP) is 6.55. The molecule has 0 heterocycles. The topological polar surface area (TPSA) is 149 Å². The zero-order valence-electron chi connectivity index (χ0n) is 14.1. The molecule has 0 bridgehead atoms. The van der Waals surface area contributed by atoms with E-state index in [1.807, 2.05) is 0 Å². The van der Waals surface area contributed by atoms with Crippen molar-refractivity contribution in [3.63, 3.8) is 0 Å². The molecule has 15 heteroatoms. The van der Waals surface area contributed by atoms with Crippen molar-refractivity contribution in [3.8, 4) is 0 Å². The first kappa shape index (κ1) is 25.7. The summed E-state index contributed by atoms with van der Waals surface area (Å²) < 4.78 is 0. The van der Waals surface area contributed by atoms with Crippen molar-refractivity contribution < 1.29 is 39.6 Å². The van der Waals surface area contributed by atoms with Crippen molar-refractivity contribution in [3.05, 3.63) is 52.4 Å². The van der Waals surface area contributed by atoms with Crippen LogP contribution in [0, 0.1) is 0 Å². The third kappa shape index (κ3) is 4.49. The molecule has 0 spiro atoms. The van der Waals surface area contributed by atoms with Crippen LogP contribution in [0.4, 0.5) is 0 Å². The van der Waals surface area contributed by atoms with Crippen LogP contribution in [-0.2, 0) is 0 Å². The third-order valence-corrected chi connectivity index (χ3v) is 7.75. The number of hydrogen-bond acceptors (Lipinski definition) is 5. The first-order chi connectivity index (χ1) is 14.2. The lowest BCUT2D eigenvalue weighted by molar-refractivity contribution is 0.0651. The normalized spacial score (nSPS) is 10.8. The summed E-state index contributed by atoms with van der Waals surface area (Å²) in [6.07, 6.45) is 0. The fourth-order valence-corrected chi connectivity index (χ4v) is 5.46. The fourth-order valence-electron chi connectivity index (χ4n) is 2.36. The number of halogens is 6. The van der Waals surface area contributed by atoms with E-state index in [4.69, 9.17) is 69.6 Å². The highest BCUT2D eigenvalue weighted by atomic mass is 35.5. The van der Waals surface area contributed by atoms with Crippen molar-refractivity contribution in [1.82, 2.24) is 0 Å². The van der Waals surface area contributed by atoms with Gasteiger partial charge in [-0.05, 0) is 0 Å². The molecule has 0 fully saturated rings. The number of hydrogen-bond donors (Lipinski definition) is 4. The lowest BCUT2D eigenvalue weighted by atomic mass is 10.1. The quantitative estimate of drug-likeness (QED) is 0.284. The van der Waals surface area contributed by atoms with Crippen LogP contribution in [-0.4, -0.2) is 44.3 Å². The molecule has 4 N–H and O–H groups in total. The van der Waals surface area contributed by atoms with Gasteiger partial charge in [-0.25, -0.2) is 19.2 Å². The second kappa shape index (κ2) is 9.50. The molecule has 2 aromatic carbocycles. The number of carboxylic acids is 4. The Morgan fingerprint density at radius 1 is 0.452 bits per heavy atom. The van der Waals surface area contributed by atoms with Crippen LogP contribution in [0.5, 0.6) is 0 Å². The van der Waals surface area contributed by atoms with E-state index in [-0.39, 0.29) is 9.79 Å². The van der Waals surface area contributed by atoms with Gasteiger partial charge in [0.25, 0.3) is 0 Å². The van der Waals surface area contributed by atoms with E-state index in [1.54, 1.807) is 0 Å². The van der Waals surface area contributed by atoms with Gasteiger partial charge in [0.1, 0.15) is 0 Å². The van der Waals surface area contributed by atoms with E-state index in [0.717, 1.165) is 0 Å². The van der Waals surface area contributed by atoms with Gasteiger partial charge in [-0.1, -0.05) is 81.4 Å². The van der Waals surface area contributed by atoms with E-state index in [9.17, 15) is 39.6 Å². The summed E-state index contributed by atoms with van der Waals surface area (Å²) in [5, 5.41) is 33.7. The molecule has 2 rings (SSSR count). The van der Waals surface area contributed by atoms with Crippen LogP contribution in [0.2, 0.25) is 30.1 Å². The predicted molar refractivity (Wildman–Crippen MR) is 115 cm³/mol. The minimum atomic E-state index is -1.74. The third-order valence-electron chi connectivity index (χ3n) is 3.62. The Morgan fingerprint density at radius 3 is 0.903 bits per heavy atom. The molecule has 8 nitrogen and oxygen atoms in total. The highest BCUT2D eigenvalue weighted by molar-refractivity contribution is 7.99. The minimum Gasteiger partial charge on any atom is -0.478 e. The van der Waals surface area contributed by atoms with Crippen molar-refractivity contribution in [2.45, 2.75) is 9.79 Å². The minimum absolute atomic E-state index is 0.338. The van der Waals surface area contributed by atoms with Gasteiger partial charge < -0.3 is 20.4 Å². The van der Waals surface area contributed by atoms with Crippen LogP contribution >= 0.6 is 81.4 Å². The Labute approximate surface area is 206 Å². The molecule has 164 valence electrons. The number of carbonyl (C=O) groups is 4. The number of carboxylic acid groups (broad SMARTS) is 4. The number of aromatic carboxylic acids is 4. The van der Waals surface area contributed by atoms with Crippen LogP contribution < -0.4 is 0 Å². The molecule has 0 saturated heterocycles. The molecule has 31 heavy (non-hydrogen) atoms. The lowest BCUT2D eigenvalue weighted by Gasteiger charge is -2.17. The summed E-state index contributed by atoms with van der Waals surface area (Å²) in [5.41, 5.74) is -3.55. The molecular weight excluding hydrogens is 565 g/mol. The molecule has 0 unspecified atom stereocenters. The van der Waals surface area contributed by atoms with Crippen LogP contribution in [0.25, 0.3) is 0 Å². The molecule has 0 amide bonds. The molecular formula is C16H4Cl6O8S. The summed E-state index contributed by atoms with van der Waals surface area (Å²) >= 11 is 36.6. The summed E-state index contributed by atoms with van der Waals surface area (Å²) in [4.78, 5) is 45.4. The fraction of sp³-hybridized carbons (Fsp3) is 0. The average Bonchev–Trinajstić information content (AvgIpc) is 2.65. The van der Waals surface area contributed by atoms with Gasteiger partial charge in [-0.15, -0.1) is 0 Å². The molecule has 0 aliphatic carbocycles. The maximum absolute atomic E-state index is 11.6. The van der Waals surface area contributed by atoms with E-state index in [0.29, 0.717) is 11.8 Å². The monoisotopic (exact) mass is 566 g/mol. The first-order valence-electron chi connectivity index (χ1n) is 7.25. The molecule has 2 aromatic rings. The molecule has 0 aromatic heterocycles. The Kier molecular flexibility index (Phi) is 7.86. The van der Waals surface area contributed by atoms with Crippen molar-refractivity contribution >= 4 is 105 Å². The Morgan fingerprint density at radius 2 is 0.677 bits per heavy atom. The summed E-state index contributed by atoms with van der Waals surface area (Å²) in [6.45, 7) is 0.